The van der Waals surface area contributed by atoms with Crippen LogP contribution in [0.3, 0.4) is 0 Å². The van der Waals surface area contributed by atoms with E-state index in [4.69, 9.17) is 0 Å². The number of rotatable bonds is 1. The second-order valence-corrected chi connectivity index (χ2v) is 1.92. The Kier molecular flexibility index (Phi) is 4.60. The molecule has 0 aromatic carbocycles. The molecule has 0 radical (unpaired) electrons. The number of ketones is 1. The summed E-state index contributed by atoms with van der Waals surface area (Å²) in [6.45, 7) is -0.0646. The van der Waals surface area contributed by atoms with Crippen molar-refractivity contribution in [3.05, 3.63) is 11.6 Å². The summed E-state index contributed by atoms with van der Waals surface area (Å²) in [7, 11) is 0. The van der Waals surface area contributed by atoms with Gasteiger partial charge in [0.25, 0.3) is 0 Å². The van der Waals surface area contributed by atoms with Crippen molar-refractivity contribution >= 4 is 11.8 Å². The Hall–Kier alpha value is -0.160. The number of hydrogen-bond acceptors (Lipinski definition) is 4. The van der Waals surface area contributed by atoms with Crippen LogP contribution in [0.15, 0.2) is 11.6 Å². The summed E-state index contributed by atoms with van der Waals surface area (Å²) in [6, 6.07) is 0. The van der Waals surface area contributed by atoms with Crippen LogP contribution >= 0.6 is 0 Å². The van der Waals surface area contributed by atoms with Gasteiger partial charge in [-0.05, 0) is 6.08 Å². The van der Waals surface area contributed by atoms with Crippen molar-refractivity contribution in [3.8, 4) is 0 Å². The zero-order chi connectivity index (χ0) is 7.56. The van der Waals surface area contributed by atoms with Gasteiger partial charge < -0.3 is 14.6 Å². The minimum absolute atomic E-state index is 0. The molecule has 0 N–H and O–H groups in total. The molecule has 11 heavy (non-hydrogen) atoms. The Morgan fingerprint density at radius 2 is 2.18 bits per heavy atom. The largest absolute Gasteiger partial charge is 1.00 e. The van der Waals surface area contributed by atoms with E-state index < -0.39 is 5.97 Å². The predicted molar refractivity (Wildman–Crippen MR) is 28.9 cm³/mol. The van der Waals surface area contributed by atoms with Crippen molar-refractivity contribution in [1.82, 2.24) is 0 Å². The van der Waals surface area contributed by atoms with Gasteiger partial charge in [0, 0.05) is 5.57 Å². The number of carbonyl (C=O) groups is 2. The Morgan fingerprint density at radius 1 is 1.55 bits per heavy atom. The molecule has 0 saturated heterocycles. The van der Waals surface area contributed by atoms with E-state index in [1.807, 2.05) is 0 Å². The summed E-state index contributed by atoms with van der Waals surface area (Å²) in [5, 5.41) is 10.1. The number of ether oxygens (including phenoxy) is 1. The smallest absolute Gasteiger partial charge is 0.545 e. The first-order chi connectivity index (χ1) is 4.70. The van der Waals surface area contributed by atoms with Gasteiger partial charge in [0.1, 0.15) is 6.61 Å². The monoisotopic (exact) mass is 164 g/mol. The van der Waals surface area contributed by atoms with Crippen LogP contribution in [0.25, 0.3) is 0 Å². The molecule has 5 heteroatoms. The van der Waals surface area contributed by atoms with Gasteiger partial charge in [-0.25, -0.2) is 0 Å². The number of carboxylic acids is 1. The normalized spacial score (nSPS) is 16.7. The molecule has 54 valence electrons. The van der Waals surface area contributed by atoms with Gasteiger partial charge in [-0.3, -0.25) is 4.79 Å². The van der Waals surface area contributed by atoms with Crippen LogP contribution in [0.5, 0.6) is 0 Å². The third kappa shape index (κ3) is 3.16. The molecule has 0 aromatic heterocycles. The molecule has 0 fully saturated rings. The minimum Gasteiger partial charge on any atom is -0.545 e. The molecule has 1 aliphatic rings. The second kappa shape index (κ2) is 4.66. The topological polar surface area (TPSA) is 66.4 Å². The maximum absolute atomic E-state index is 10.5. The minimum atomic E-state index is -1.34. The van der Waals surface area contributed by atoms with Crippen molar-refractivity contribution in [2.75, 3.05) is 13.2 Å². The van der Waals surface area contributed by atoms with Gasteiger partial charge in [0.05, 0.1) is 12.6 Å². The van der Waals surface area contributed by atoms with E-state index in [0.717, 1.165) is 6.08 Å². The first-order valence-electron chi connectivity index (χ1n) is 2.72. The third-order valence-corrected chi connectivity index (χ3v) is 1.10. The zero-order valence-corrected chi connectivity index (χ0v) is 8.12. The van der Waals surface area contributed by atoms with Gasteiger partial charge in [-0.15, -0.1) is 0 Å². The van der Waals surface area contributed by atoms with Gasteiger partial charge in [-0.1, -0.05) is 0 Å². The quantitative estimate of drug-likeness (QED) is 0.365. The first kappa shape index (κ1) is 10.8. The number of hydrogen-bond donors (Lipinski definition) is 0. The second-order valence-electron chi connectivity index (χ2n) is 1.92. The Labute approximate surface area is 85.5 Å². The van der Waals surface area contributed by atoms with Gasteiger partial charge >= 0.3 is 29.6 Å². The molecule has 0 unspecified atom stereocenters. The van der Waals surface area contributed by atoms with Gasteiger partial charge in [0.2, 0.25) is 0 Å². The fourth-order valence-corrected chi connectivity index (χ4v) is 0.657. The summed E-state index contributed by atoms with van der Waals surface area (Å²) in [5.41, 5.74) is -0.0868. The van der Waals surface area contributed by atoms with E-state index in [0.29, 0.717) is 0 Å². The maximum Gasteiger partial charge on any atom is 1.00 e. The van der Waals surface area contributed by atoms with Crippen LogP contribution in [0.4, 0.5) is 0 Å². The molecule has 0 aliphatic carbocycles. The molecule has 0 amide bonds. The third-order valence-electron chi connectivity index (χ3n) is 1.10. The van der Waals surface area contributed by atoms with E-state index in [1.165, 1.54) is 0 Å². The molecule has 4 nitrogen and oxygen atoms in total. The van der Waals surface area contributed by atoms with Crippen LogP contribution in [0.2, 0.25) is 0 Å². The average Bonchev–Trinajstić information content (AvgIpc) is 1.88. The molecule has 1 heterocycles. The number of carbonyl (C=O) groups excluding carboxylic acids is 2. The molecule has 0 saturated carbocycles. The standard InChI is InChI=1S/C6H6O4.Na/c7-5-1-4(6(8)9)2-10-3-5;/h1H,2-3H2,(H,8,9);/q;+1/p-1. The van der Waals surface area contributed by atoms with Crippen LogP contribution in [-0.2, 0) is 14.3 Å². The molecule has 0 spiro atoms. The van der Waals surface area contributed by atoms with Gasteiger partial charge in [0.15, 0.2) is 5.78 Å². The Morgan fingerprint density at radius 3 is 2.55 bits per heavy atom. The summed E-state index contributed by atoms with van der Waals surface area (Å²) in [6.07, 6.45) is 1.04. The van der Waals surface area contributed by atoms with Crippen molar-refractivity contribution in [3.63, 3.8) is 0 Å². The molecular formula is C6H5NaO4. The Bertz CT molecular complexity index is 209. The summed E-state index contributed by atoms with van der Waals surface area (Å²) < 4.78 is 4.62. The van der Waals surface area contributed by atoms with Crippen molar-refractivity contribution in [1.29, 1.82) is 0 Å². The predicted octanol–water partition coefficient (Wildman–Crippen LogP) is -4.73. The Balaban J connectivity index is 0.000001000. The summed E-state index contributed by atoms with van der Waals surface area (Å²) in [5.74, 6) is -1.67. The van der Waals surface area contributed by atoms with E-state index in [1.54, 1.807) is 0 Å². The van der Waals surface area contributed by atoms with E-state index in [9.17, 15) is 14.7 Å². The van der Waals surface area contributed by atoms with Crippen LogP contribution in [-0.4, -0.2) is 25.0 Å². The SMILES string of the molecule is O=C1C=C(C(=O)[O-])COC1.[Na+]. The van der Waals surface area contributed by atoms with E-state index in [2.05, 4.69) is 4.74 Å². The number of aliphatic carboxylic acids is 1. The van der Waals surface area contributed by atoms with Crippen molar-refractivity contribution in [2.45, 2.75) is 0 Å². The molecule has 0 aromatic rings. The molecule has 0 atom stereocenters. The fourth-order valence-electron chi connectivity index (χ4n) is 0.657. The van der Waals surface area contributed by atoms with Crippen LogP contribution in [0.1, 0.15) is 0 Å². The first-order valence-corrected chi connectivity index (χ1v) is 2.72. The molecule has 0 bridgehead atoms. The van der Waals surface area contributed by atoms with E-state index >= 15 is 0 Å². The summed E-state index contributed by atoms with van der Waals surface area (Å²) >= 11 is 0. The van der Waals surface area contributed by atoms with Crippen molar-refractivity contribution < 1.29 is 49.0 Å². The van der Waals surface area contributed by atoms with Crippen molar-refractivity contribution in [2.24, 2.45) is 0 Å². The average molecular weight is 164 g/mol. The van der Waals surface area contributed by atoms with Gasteiger partial charge in [-0.2, -0.15) is 0 Å². The zero-order valence-electron chi connectivity index (χ0n) is 6.12. The van der Waals surface area contributed by atoms with Crippen LogP contribution in [0, 0.1) is 0 Å². The molecule has 1 aliphatic heterocycles. The summed E-state index contributed by atoms with van der Waals surface area (Å²) in [4.78, 5) is 20.6. The number of carboxylic acid groups (broad SMARTS) is 1. The molecular weight excluding hydrogens is 159 g/mol. The fraction of sp³-hybridized carbons (Fsp3) is 0.333. The van der Waals surface area contributed by atoms with E-state index in [-0.39, 0.29) is 54.1 Å². The molecule has 1 rings (SSSR count). The maximum atomic E-state index is 10.5. The van der Waals surface area contributed by atoms with Crippen LogP contribution < -0.4 is 34.7 Å².